The van der Waals surface area contributed by atoms with Gasteiger partial charge >= 0.3 is 16.2 Å². The molecule has 2 aliphatic carbocycles. The van der Waals surface area contributed by atoms with E-state index in [0.717, 1.165) is 65.1 Å². The van der Waals surface area contributed by atoms with Crippen molar-refractivity contribution in [3.05, 3.63) is 40.2 Å². The van der Waals surface area contributed by atoms with Crippen LogP contribution >= 0.6 is 0 Å². The van der Waals surface area contributed by atoms with Crippen molar-refractivity contribution in [3.8, 4) is 0 Å². The van der Waals surface area contributed by atoms with Gasteiger partial charge in [0.2, 0.25) is 0 Å². The number of rotatable bonds is 8. The van der Waals surface area contributed by atoms with Gasteiger partial charge in [0.15, 0.2) is 0 Å². The van der Waals surface area contributed by atoms with Crippen molar-refractivity contribution < 1.29 is 17.9 Å². The number of nitrogens with zero attached hydrogens (tertiary/aromatic N) is 3. The average molecular weight is 448 g/mol. The van der Waals surface area contributed by atoms with E-state index in [1.807, 2.05) is 0 Å². The van der Waals surface area contributed by atoms with Gasteiger partial charge in [0.25, 0.3) is 0 Å². The number of urea groups is 1. The first-order chi connectivity index (χ1) is 14.8. The lowest BCUT2D eigenvalue weighted by Gasteiger charge is -2.26. The number of methoxy groups -OCH3 is 1. The molecule has 2 aliphatic rings. The van der Waals surface area contributed by atoms with Gasteiger partial charge in [0.05, 0.1) is 17.1 Å². The smallest absolute Gasteiger partial charge is 0.334 e. The molecular weight excluding hydrogens is 418 g/mol. The number of nitrogens with one attached hydrogen (secondary N) is 1. The fourth-order valence-electron chi connectivity index (χ4n) is 4.75. The molecule has 0 unspecified atom stereocenters. The van der Waals surface area contributed by atoms with Crippen LogP contribution in [0.15, 0.2) is 12.3 Å². The van der Waals surface area contributed by atoms with Crippen LogP contribution in [0.1, 0.15) is 47.2 Å². The van der Waals surface area contributed by atoms with Crippen LogP contribution < -0.4 is 14.8 Å². The van der Waals surface area contributed by atoms with Crippen molar-refractivity contribution in [3.63, 3.8) is 0 Å². The number of aromatic nitrogens is 2. The molecule has 0 bridgehead atoms. The molecule has 1 aromatic heterocycles. The Hall–Kier alpha value is -2.59. The second kappa shape index (κ2) is 8.51. The number of hydrogen-bond donors (Lipinski definition) is 2. The minimum atomic E-state index is -4.29. The van der Waals surface area contributed by atoms with Crippen LogP contribution in [0.3, 0.4) is 0 Å². The minimum Gasteiger partial charge on any atom is -0.385 e. The van der Waals surface area contributed by atoms with Gasteiger partial charge < -0.3 is 10.5 Å². The lowest BCUT2D eigenvalue weighted by atomic mass is 9.99. The third-order valence-electron chi connectivity index (χ3n) is 5.99. The number of carbonyl (C=O) groups is 1. The molecular formula is C21H29N5O4S. The van der Waals surface area contributed by atoms with E-state index in [9.17, 15) is 13.2 Å². The summed E-state index contributed by atoms with van der Waals surface area (Å²) in [6, 6.07) is 1.18. The molecule has 0 saturated heterocycles. The number of primary amides is 1. The fraction of sp³-hybridized carbons (Fsp3) is 0.524. The monoisotopic (exact) mass is 447 g/mol. The summed E-state index contributed by atoms with van der Waals surface area (Å²) in [6.45, 7) is 0.540. The summed E-state index contributed by atoms with van der Waals surface area (Å²) >= 11 is 0. The molecule has 0 fully saturated rings. The Kier molecular flexibility index (Phi) is 5.94. The van der Waals surface area contributed by atoms with Gasteiger partial charge in [0.1, 0.15) is 0 Å². The summed E-state index contributed by atoms with van der Waals surface area (Å²) in [7, 11) is -0.949. The Balaban J connectivity index is 1.74. The molecule has 3 N–H and O–H groups in total. The Bertz CT molecular complexity index is 1080. The summed E-state index contributed by atoms with van der Waals surface area (Å²) < 4.78 is 36.9. The Morgan fingerprint density at radius 1 is 1.23 bits per heavy atom. The van der Waals surface area contributed by atoms with Crippen LogP contribution in [-0.4, -0.2) is 37.9 Å². The van der Waals surface area contributed by atoms with Gasteiger partial charge in [-0.05, 0) is 73.6 Å². The second-order valence-electron chi connectivity index (χ2n) is 8.18. The summed E-state index contributed by atoms with van der Waals surface area (Å²) in [6.07, 6.45) is 7.98. The average Bonchev–Trinajstić information content (AvgIpc) is 3.41. The number of ether oxygens (including phenoxy) is 1. The summed E-state index contributed by atoms with van der Waals surface area (Å²) in [4.78, 5) is 12.5. The SMILES string of the molecule is COCCCc1nn(C)cc1NS(=O)(=O)N(C(N)=O)c1c2c(cc3c1CCC3)CCC2. The maximum atomic E-state index is 13.5. The maximum Gasteiger partial charge on any atom is 0.334 e. The lowest BCUT2D eigenvalue weighted by Crippen LogP contribution is -2.45. The molecule has 1 aromatic carbocycles. The molecule has 2 amide bonds. The zero-order valence-corrected chi connectivity index (χ0v) is 18.8. The molecule has 0 saturated carbocycles. The quantitative estimate of drug-likeness (QED) is 0.601. The molecule has 0 spiro atoms. The predicted octanol–water partition coefficient (Wildman–Crippen LogP) is 2.22. The highest BCUT2D eigenvalue weighted by Crippen LogP contribution is 2.41. The topological polar surface area (TPSA) is 120 Å². The lowest BCUT2D eigenvalue weighted by molar-refractivity contribution is 0.195. The van der Waals surface area contributed by atoms with E-state index < -0.39 is 16.2 Å². The van der Waals surface area contributed by atoms with E-state index in [4.69, 9.17) is 10.5 Å². The zero-order valence-electron chi connectivity index (χ0n) is 18.0. The van der Waals surface area contributed by atoms with Crippen LogP contribution in [-0.2, 0) is 54.1 Å². The molecule has 0 radical (unpaired) electrons. The fourth-order valence-corrected chi connectivity index (χ4v) is 5.99. The van der Waals surface area contributed by atoms with Crippen LogP contribution in [0.4, 0.5) is 16.2 Å². The Morgan fingerprint density at radius 3 is 2.45 bits per heavy atom. The minimum absolute atomic E-state index is 0.342. The summed E-state index contributed by atoms with van der Waals surface area (Å²) in [5, 5.41) is 4.36. The molecule has 168 valence electrons. The summed E-state index contributed by atoms with van der Waals surface area (Å²) in [5.74, 6) is 0. The van der Waals surface area contributed by atoms with Gasteiger partial charge in [-0.15, -0.1) is 0 Å². The van der Waals surface area contributed by atoms with Crippen LogP contribution in [0, 0.1) is 0 Å². The second-order valence-corrected chi connectivity index (χ2v) is 9.70. The van der Waals surface area contributed by atoms with E-state index in [-0.39, 0.29) is 0 Å². The number of carbonyl (C=O) groups excluding carboxylic acids is 1. The summed E-state index contributed by atoms with van der Waals surface area (Å²) in [5.41, 5.74) is 11.2. The molecule has 10 heteroatoms. The molecule has 31 heavy (non-hydrogen) atoms. The number of fused-ring (bicyclic) bond motifs is 2. The van der Waals surface area contributed by atoms with Crippen molar-refractivity contribution in [1.82, 2.24) is 9.78 Å². The van der Waals surface area contributed by atoms with E-state index >= 15 is 0 Å². The highest BCUT2D eigenvalue weighted by Gasteiger charge is 2.36. The van der Waals surface area contributed by atoms with Crippen LogP contribution in [0.25, 0.3) is 0 Å². The number of anilines is 2. The van der Waals surface area contributed by atoms with Gasteiger partial charge in [0, 0.05) is 27.0 Å². The first-order valence-corrected chi connectivity index (χ1v) is 12.1. The molecule has 0 atom stereocenters. The molecule has 4 rings (SSSR count). The number of amides is 2. The Morgan fingerprint density at radius 2 is 1.87 bits per heavy atom. The number of aryl methyl sites for hydroxylation is 4. The first-order valence-electron chi connectivity index (χ1n) is 10.6. The first kappa shape index (κ1) is 21.6. The van der Waals surface area contributed by atoms with Crippen molar-refractivity contribution in [2.24, 2.45) is 12.8 Å². The third-order valence-corrected chi connectivity index (χ3v) is 7.31. The predicted molar refractivity (Wildman–Crippen MR) is 119 cm³/mol. The van der Waals surface area contributed by atoms with E-state index in [1.54, 1.807) is 25.0 Å². The number of benzene rings is 1. The highest BCUT2D eigenvalue weighted by atomic mass is 32.2. The van der Waals surface area contributed by atoms with Crippen molar-refractivity contribution in [1.29, 1.82) is 0 Å². The van der Waals surface area contributed by atoms with E-state index in [2.05, 4.69) is 15.9 Å². The van der Waals surface area contributed by atoms with Crippen molar-refractivity contribution >= 4 is 27.6 Å². The van der Waals surface area contributed by atoms with Crippen molar-refractivity contribution in [2.45, 2.75) is 51.4 Å². The van der Waals surface area contributed by atoms with Gasteiger partial charge in [-0.3, -0.25) is 9.40 Å². The van der Waals surface area contributed by atoms with Gasteiger partial charge in [-0.1, -0.05) is 6.07 Å². The molecule has 2 aromatic rings. The van der Waals surface area contributed by atoms with Crippen LogP contribution in [0.5, 0.6) is 0 Å². The molecule has 0 aliphatic heterocycles. The maximum absolute atomic E-state index is 13.5. The van der Waals surface area contributed by atoms with E-state index in [0.29, 0.717) is 36.5 Å². The normalized spacial score (nSPS) is 15.0. The number of hydrogen-bond acceptors (Lipinski definition) is 5. The Labute approximate surface area is 182 Å². The standard InChI is InChI=1S/C21H29N5O4S/c1-25-13-19(18(23-25)10-5-11-30-2)24-31(28,29)26(21(22)27)20-16-8-3-6-14(16)12-15-7-4-9-17(15)20/h12-13,24H,3-11H2,1-2H3,(H2,22,27). The third kappa shape index (κ3) is 4.14. The van der Waals surface area contributed by atoms with Crippen molar-refractivity contribution in [2.75, 3.05) is 22.7 Å². The zero-order chi connectivity index (χ0) is 22.2. The highest BCUT2D eigenvalue weighted by molar-refractivity contribution is 7.94. The molecule has 1 heterocycles. The molecule has 9 nitrogen and oxygen atoms in total. The van der Waals surface area contributed by atoms with E-state index in [1.165, 1.54) is 0 Å². The largest absolute Gasteiger partial charge is 0.385 e. The van der Waals surface area contributed by atoms with Gasteiger partial charge in [-0.25, -0.2) is 4.79 Å². The van der Waals surface area contributed by atoms with Crippen LogP contribution in [0.2, 0.25) is 0 Å². The number of nitrogens with two attached hydrogens (primary N) is 1. The van der Waals surface area contributed by atoms with Gasteiger partial charge in [-0.2, -0.15) is 17.8 Å².